The normalized spacial score (nSPS) is 0.600. The van der Waals surface area contributed by atoms with Gasteiger partial charge in [0, 0.05) is 0 Å². The van der Waals surface area contributed by atoms with Crippen molar-refractivity contribution in [3.63, 3.8) is 0 Å². The van der Waals surface area contributed by atoms with E-state index in [-0.39, 0.29) is 239 Å². The van der Waals surface area contributed by atoms with Gasteiger partial charge in [0.1, 0.15) is 0 Å². The van der Waals surface area contributed by atoms with Crippen molar-refractivity contribution in [2.24, 2.45) is 0 Å². The molecule has 0 amide bonds. The van der Waals surface area contributed by atoms with Crippen LogP contribution in [-0.2, 0) is 17.1 Å². The third-order valence-electron chi connectivity index (χ3n) is 0. The maximum atomic E-state index is 6.25. The van der Waals surface area contributed by atoms with E-state index in [1.54, 1.807) is 0 Å². The van der Waals surface area contributed by atoms with Crippen molar-refractivity contribution in [3.05, 3.63) is 39.4 Å². The van der Waals surface area contributed by atoms with Gasteiger partial charge in [-0.25, -0.2) is 0 Å². The van der Waals surface area contributed by atoms with E-state index in [0.29, 0.717) is 0 Å². The zero-order valence-electron chi connectivity index (χ0n) is 11.5. The molecule has 0 atom stereocenters. The van der Waals surface area contributed by atoms with Crippen LogP contribution in [-0.4, -0.2) is 16.4 Å². The Morgan fingerprint density at radius 1 is 0.300 bits per heavy atom. The molecular weight excluding hydrogens is 422 g/mol. The van der Waals surface area contributed by atoms with E-state index in [1.807, 2.05) is 0 Å². The van der Waals surface area contributed by atoms with E-state index in [1.165, 1.54) is 0 Å². The molecule has 0 aliphatic heterocycles. The third-order valence-corrected chi connectivity index (χ3v) is 0. The largest absolute Gasteiger partial charge is 2.00 e. The van der Waals surface area contributed by atoms with E-state index in [4.69, 9.17) is 71.0 Å². The second kappa shape index (κ2) is 726. The topological polar surface area (TPSA) is 237 Å². The Balaban J connectivity index is -0.00000000167. The number of nitrogens with zero attached hydrogens (tertiary/aromatic N) is 6. The maximum absolute atomic E-state index is 6.25. The molecule has 9 nitrogen and oxygen atoms in total. The Morgan fingerprint density at radius 2 is 0.300 bits per heavy atom. The first kappa shape index (κ1) is 128. The summed E-state index contributed by atoms with van der Waals surface area (Å²) in [5.74, 6) is 0. The van der Waals surface area contributed by atoms with Crippen LogP contribution >= 0.6 is 0 Å². The fraction of sp³-hybridized carbons (Fsp3) is 0. The summed E-state index contributed by atoms with van der Waals surface area (Å²) in [7, 11) is 0. The Labute approximate surface area is 301 Å². The van der Waals surface area contributed by atoms with Gasteiger partial charge in [0.25, 0.3) is 0 Å². The fourth-order valence-corrected chi connectivity index (χ4v) is 0. The number of rotatable bonds is 0. The smallest absolute Gasteiger partial charge is 0.512 e. The van der Waals surface area contributed by atoms with Gasteiger partial charge >= 0.3 is 223 Å². The van der Waals surface area contributed by atoms with Crippen LogP contribution in [0.3, 0.4) is 0 Å². The number of hydrogen-bond donors (Lipinski definition) is 0. The molecule has 0 fully saturated rings. The Kier molecular flexibility index (Phi) is 4650. The van der Waals surface area contributed by atoms with Gasteiger partial charge in [-0.2, -0.15) is 0 Å². The SMILES string of the molecule is O.O.O.[13C-]#N.[13C-]#N.[13C-]#N.[13C-]#N.[13C-]#N.[13C-]#N.[Fe+2].[K+].[K+].[K+].[K+]. The van der Waals surface area contributed by atoms with Gasteiger partial charge < -0.3 is 87.4 Å². The van der Waals surface area contributed by atoms with Crippen molar-refractivity contribution in [3.8, 4) is 0 Å². The van der Waals surface area contributed by atoms with Crippen LogP contribution in [0, 0.1) is 71.0 Å². The maximum Gasteiger partial charge on any atom is 2.00 e. The molecule has 0 saturated carbocycles. The Morgan fingerprint density at radius 3 is 0.300 bits per heavy atom. The molecule has 0 spiro atoms. The average Bonchev–Trinajstić information content (AvgIpc) is 2.33. The molecule has 0 radical (unpaired) electrons. The first-order valence-corrected chi connectivity index (χ1v) is 1.34. The predicted octanol–water partition coefficient (Wildman–Crippen LogP) is -13.9. The summed E-state index contributed by atoms with van der Waals surface area (Å²) < 4.78 is 0. The predicted molar refractivity (Wildman–Crippen MR) is 40.6 cm³/mol. The monoisotopic (exact) mass is 428 g/mol. The molecule has 6 N–H and O–H groups in total. The molecule has 14 heteroatoms. The minimum Gasteiger partial charge on any atom is -0.512 e. The Bertz CT molecular complexity index is 118. The van der Waals surface area contributed by atoms with Gasteiger partial charge in [0.05, 0.1) is 0 Å². The summed E-state index contributed by atoms with van der Waals surface area (Å²) in [6.45, 7) is 28.5. The molecule has 0 aromatic carbocycles. The molecule has 0 aliphatic carbocycles. The van der Waals surface area contributed by atoms with Crippen molar-refractivity contribution in [1.82, 2.24) is 0 Å². The molecule has 0 aromatic rings. The van der Waals surface area contributed by atoms with E-state index in [0.717, 1.165) is 0 Å². The first-order valence-electron chi connectivity index (χ1n) is 1.34. The summed E-state index contributed by atoms with van der Waals surface area (Å²) in [6, 6.07) is 0. The molecule has 20 heavy (non-hydrogen) atoms. The fourth-order valence-electron chi connectivity index (χ4n) is 0. The van der Waals surface area contributed by atoms with Gasteiger partial charge in [-0.3, -0.25) is 0 Å². The molecular formula is C6H6FeK4N6O3. The molecule has 0 rings (SSSR count). The van der Waals surface area contributed by atoms with E-state index in [9.17, 15) is 0 Å². The van der Waals surface area contributed by atoms with Gasteiger partial charge in [-0.05, 0) is 0 Å². The summed E-state index contributed by atoms with van der Waals surface area (Å²) in [5, 5.41) is 37.5. The molecule has 0 bridgehead atoms. The Hall–Kier alpha value is 3.88. The minimum atomic E-state index is 0. The second-order valence-corrected chi connectivity index (χ2v) is 0. The van der Waals surface area contributed by atoms with Gasteiger partial charge in [-0.15, -0.1) is 0 Å². The van der Waals surface area contributed by atoms with Crippen molar-refractivity contribution < 1.29 is 239 Å². The van der Waals surface area contributed by atoms with Gasteiger partial charge in [0.15, 0.2) is 0 Å². The standard InChI is InChI=1S/6CN.Fe.4K.3H2O/c6*1-2;;;;;;;;/h;;;;;;;;;;;3*1H2/q6*-1;+2;4*+1;;;/i6*1+1;;;;;;;;. The van der Waals surface area contributed by atoms with Crippen molar-refractivity contribution in [2.75, 3.05) is 0 Å². The summed E-state index contributed by atoms with van der Waals surface area (Å²) in [5.41, 5.74) is 0. The van der Waals surface area contributed by atoms with Crippen LogP contribution in [0.5, 0.6) is 0 Å². The van der Waals surface area contributed by atoms with E-state index < -0.39 is 0 Å². The first-order chi connectivity index (χ1) is 6.00. The third kappa shape index (κ3) is 632. The van der Waals surface area contributed by atoms with Crippen LogP contribution in [0.15, 0.2) is 0 Å². The molecule has 0 aromatic heterocycles. The van der Waals surface area contributed by atoms with Gasteiger partial charge in [-0.1, -0.05) is 0 Å². The van der Waals surface area contributed by atoms with Crippen molar-refractivity contribution >= 4 is 0 Å². The summed E-state index contributed by atoms with van der Waals surface area (Å²) in [4.78, 5) is 0. The summed E-state index contributed by atoms with van der Waals surface area (Å²) >= 11 is 0. The minimum absolute atomic E-state index is 0. The second-order valence-electron chi connectivity index (χ2n) is 0. The van der Waals surface area contributed by atoms with Crippen LogP contribution in [0.2, 0.25) is 0 Å². The quantitative estimate of drug-likeness (QED) is 0.206. The summed E-state index contributed by atoms with van der Waals surface area (Å²) in [6.07, 6.45) is 0. The van der Waals surface area contributed by atoms with Gasteiger partial charge in [0.2, 0.25) is 0 Å². The molecule has 0 aliphatic rings. The molecule has 0 unspecified atom stereocenters. The van der Waals surface area contributed by atoms with E-state index >= 15 is 0 Å². The van der Waals surface area contributed by atoms with Crippen molar-refractivity contribution in [2.45, 2.75) is 0 Å². The zero-order chi connectivity index (χ0) is 12.0. The molecule has 0 saturated heterocycles. The molecule has 0 heterocycles. The van der Waals surface area contributed by atoms with Crippen LogP contribution < -0.4 is 206 Å². The van der Waals surface area contributed by atoms with Crippen LogP contribution in [0.1, 0.15) is 0 Å². The van der Waals surface area contributed by atoms with Crippen LogP contribution in [0.25, 0.3) is 0 Å². The van der Waals surface area contributed by atoms with E-state index in [2.05, 4.69) is 0 Å². The van der Waals surface area contributed by atoms with Crippen molar-refractivity contribution in [1.29, 1.82) is 31.6 Å². The number of hydrogen-bond acceptors (Lipinski definition) is 6. The van der Waals surface area contributed by atoms with Crippen LogP contribution in [0.4, 0.5) is 0 Å². The molecule has 90 valence electrons. The average molecular weight is 428 g/mol. The zero-order valence-corrected chi connectivity index (χ0v) is 25.1.